The van der Waals surface area contributed by atoms with Gasteiger partial charge in [-0.15, -0.1) is 0 Å². The summed E-state index contributed by atoms with van der Waals surface area (Å²) >= 11 is 0. The summed E-state index contributed by atoms with van der Waals surface area (Å²) in [6, 6.07) is 0. The van der Waals surface area contributed by atoms with Crippen LogP contribution in [0, 0.1) is 6.92 Å². The van der Waals surface area contributed by atoms with E-state index in [4.69, 9.17) is 9.15 Å². The molecule has 0 unspecified atom stereocenters. The summed E-state index contributed by atoms with van der Waals surface area (Å²) in [5.74, 6) is 0.731. The van der Waals surface area contributed by atoms with E-state index < -0.39 is 0 Å². The average molecular weight is 369 g/mol. The quantitative estimate of drug-likeness (QED) is 0.692. The molecule has 4 heterocycles. The van der Waals surface area contributed by atoms with Gasteiger partial charge in [0.2, 0.25) is 5.71 Å². The van der Waals surface area contributed by atoms with Crippen LogP contribution in [-0.4, -0.2) is 52.6 Å². The Hall–Kier alpha value is -2.25. The Morgan fingerprint density at radius 1 is 1.22 bits per heavy atom. The molecule has 1 aliphatic heterocycles. The third-order valence-electron chi connectivity index (χ3n) is 5.11. The number of hydrogen-bond donors (Lipinski definition) is 1. The molecular formula is C20H27N5O2. The first kappa shape index (κ1) is 18.1. The minimum Gasteiger partial charge on any atom is -0.432 e. The molecule has 4 rings (SSSR count). The molecule has 144 valence electrons. The standard InChI is InChI=1S/C20H27N5O2/c1-12-14-10-26-20(2,3)9-13(14)15-16-17(27-19(15)24-12)18(23-11-22-16)21-7-6-8-25(4)5/h11H,6-10H2,1-5H3,(H,21,22,23). The average Bonchev–Trinajstić information content (AvgIpc) is 2.96. The van der Waals surface area contributed by atoms with Gasteiger partial charge in [-0.1, -0.05) is 0 Å². The summed E-state index contributed by atoms with van der Waals surface area (Å²) in [5, 5.41) is 4.39. The highest BCUT2D eigenvalue weighted by Crippen LogP contribution is 2.39. The van der Waals surface area contributed by atoms with Gasteiger partial charge in [-0.05, 0) is 53.4 Å². The maximum atomic E-state index is 6.13. The number of ether oxygens (including phenoxy) is 1. The van der Waals surface area contributed by atoms with Crippen LogP contribution in [0.3, 0.4) is 0 Å². The van der Waals surface area contributed by atoms with Gasteiger partial charge < -0.3 is 19.4 Å². The largest absolute Gasteiger partial charge is 0.432 e. The predicted molar refractivity (Wildman–Crippen MR) is 106 cm³/mol. The minimum absolute atomic E-state index is 0.211. The van der Waals surface area contributed by atoms with Crippen molar-refractivity contribution in [1.82, 2.24) is 19.9 Å². The lowest BCUT2D eigenvalue weighted by Gasteiger charge is -2.32. The first-order valence-electron chi connectivity index (χ1n) is 9.44. The number of aryl methyl sites for hydroxylation is 1. The van der Waals surface area contributed by atoms with Crippen LogP contribution in [-0.2, 0) is 17.8 Å². The first-order chi connectivity index (χ1) is 12.9. The summed E-state index contributed by atoms with van der Waals surface area (Å²) in [5.41, 5.74) is 5.29. The molecule has 7 nitrogen and oxygen atoms in total. The second-order valence-corrected chi connectivity index (χ2v) is 8.15. The zero-order chi connectivity index (χ0) is 19.2. The van der Waals surface area contributed by atoms with Gasteiger partial charge in [0, 0.05) is 24.2 Å². The molecule has 0 fully saturated rings. The zero-order valence-corrected chi connectivity index (χ0v) is 16.7. The third kappa shape index (κ3) is 3.37. The second kappa shape index (κ2) is 6.73. The van der Waals surface area contributed by atoms with Crippen molar-refractivity contribution < 1.29 is 9.15 Å². The van der Waals surface area contributed by atoms with Crippen molar-refractivity contribution >= 4 is 28.0 Å². The number of nitrogens with zero attached hydrogens (tertiary/aromatic N) is 4. The third-order valence-corrected chi connectivity index (χ3v) is 5.11. The van der Waals surface area contributed by atoms with Crippen molar-refractivity contribution in [1.29, 1.82) is 0 Å². The van der Waals surface area contributed by atoms with E-state index in [0.717, 1.165) is 53.9 Å². The van der Waals surface area contributed by atoms with Crippen molar-refractivity contribution in [3.05, 3.63) is 23.1 Å². The van der Waals surface area contributed by atoms with Gasteiger partial charge in [0.05, 0.1) is 17.6 Å². The number of fused-ring (bicyclic) bond motifs is 5. The molecule has 3 aromatic rings. The lowest BCUT2D eigenvalue weighted by molar-refractivity contribution is -0.0400. The van der Waals surface area contributed by atoms with Crippen LogP contribution in [0.25, 0.3) is 22.2 Å². The van der Waals surface area contributed by atoms with Crippen LogP contribution in [0.5, 0.6) is 0 Å². The number of aromatic nitrogens is 3. The van der Waals surface area contributed by atoms with Crippen LogP contribution in [0.15, 0.2) is 10.7 Å². The topological polar surface area (TPSA) is 76.3 Å². The highest BCUT2D eigenvalue weighted by molar-refractivity contribution is 6.06. The van der Waals surface area contributed by atoms with E-state index in [2.05, 4.69) is 53.1 Å². The van der Waals surface area contributed by atoms with Crippen molar-refractivity contribution in [2.75, 3.05) is 32.5 Å². The van der Waals surface area contributed by atoms with Crippen LogP contribution < -0.4 is 5.32 Å². The lowest BCUT2D eigenvalue weighted by atomic mass is 9.89. The molecule has 27 heavy (non-hydrogen) atoms. The fourth-order valence-electron chi connectivity index (χ4n) is 3.70. The second-order valence-electron chi connectivity index (χ2n) is 8.15. The van der Waals surface area contributed by atoms with Gasteiger partial charge in [0.1, 0.15) is 11.8 Å². The van der Waals surface area contributed by atoms with Crippen LogP contribution >= 0.6 is 0 Å². The molecule has 0 aromatic carbocycles. The van der Waals surface area contributed by atoms with Crippen LogP contribution in [0.2, 0.25) is 0 Å². The predicted octanol–water partition coefficient (Wildman–Crippen LogP) is 3.29. The van der Waals surface area contributed by atoms with Crippen molar-refractivity contribution in [2.24, 2.45) is 0 Å². The summed E-state index contributed by atoms with van der Waals surface area (Å²) in [6.45, 7) is 8.67. The van der Waals surface area contributed by atoms with Crippen molar-refractivity contribution in [3.63, 3.8) is 0 Å². The monoisotopic (exact) mass is 369 g/mol. The Morgan fingerprint density at radius 3 is 2.81 bits per heavy atom. The Morgan fingerprint density at radius 2 is 2.04 bits per heavy atom. The van der Waals surface area contributed by atoms with E-state index in [1.54, 1.807) is 6.33 Å². The van der Waals surface area contributed by atoms with Gasteiger partial charge in [-0.2, -0.15) is 0 Å². The molecular weight excluding hydrogens is 342 g/mol. The Kier molecular flexibility index (Phi) is 4.52. The first-order valence-corrected chi connectivity index (χ1v) is 9.44. The van der Waals surface area contributed by atoms with E-state index in [1.165, 1.54) is 5.56 Å². The molecule has 0 saturated carbocycles. The van der Waals surface area contributed by atoms with E-state index in [9.17, 15) is 0 Å². The smallest absolute Gasteiger partial charge is 0.229 e. The molecule has 0 atom stereocenters. The molecule has 0 amide bonds. The Balaban J connectivity index is 1.79. The van der Waals surface area contributed by atoms with Crippen molar-refractivity contribution in [3.8, 4) is 0 Å². The number of furan rings is 1. The van der Waals surface area contributed by atoms with Gasteiger partial charge in [0.25, 0.3) is 0 Å². The lowest BCUT2D eigenvalue weighted by Crippen LogP contribution is -2.32. The molecule has 0 bridgehead atoms. The molecule has 1 N–H and O–H groups in total. The highest BCUT2D eigenvalue weighted by Gasteiger charge is 2.31. The van der Waals surface area contributed by atoms with Gasteiger partial charge in [-0.25, -0.2) is 15.0 Å². The SMILES string of the molecule is Cc1nc2oc3c(NCCCN(C)C)ncnc3c2c2c1COC(C)(C)C2. The minimum atomic E-state index is -0.211. The Bertz CT molecular complexity index is 993. The number of rotatable bonds is 5. The van der Waals surface area contributed by atoms with Gasteiger partial charge >= 0.3 is 0 Å². The highest BCUT2D eigenvalue weighted by atomic mass is 16.5. The zero-order valence-electron chi connectivity index (χ0n) is 16.7. The fourth-order valence-corrected chi connectivity index (χ4v) is 3.70. The molecule has 0 aliphatic carbocycles. The molecule has 3 aromatic heterocycles. The summed E-state index contributed by atoms with van der Waals surface area (Å²) < 4.78 is 12.1. The molecule has 7 heteroatoms. The van der Waals surface area contributed by atoms with E-state index in [-0.39, 0.29) is 5.60 Å². The fraction of sp³-hybridized carbons (Fsp3) is 0.550. The Labute approximate surface area is 159 Å². The molecule has 0 spiro atoms. The van der Waals surface area contributed by atoms with Gasteiger partial charge in [-0.3, -0.25) is 0 Å². The number of nitrogens with one attached hydrogen (secondary N) is 1. The van der Waals surface area contributed by atoms with Gasteiger partial charge in [0.15, 0.2) is 11.4 Å². The van der Waals surface area contributed by atoms with Crippen molar-refractivity contribution in [2.45, 2.75) is 45.8 Å². The summed E-state index contributed by atoms with van der Waals surface area (Å²) in [7, 11) is 4.15. The summed E-state index contributed by atoms with van der Waals surface area (Å²) in [6.07, 6.45) is 3.44. The molecule has 0 radical (unpaired) electrons. The van der Waals surface area contributed by atoms with Crippen LogP contribution in [0.1, 0.15) is 37.1 Å². The molecule has 1 aliphatic rings. The van der Waals surface area contributed by atoms with E-state index >= 15 is 0 Å². The maximum absolute atomic E-state index is 6.13. The van der Waals surface area contributed by atoms with Crippen LogP contribution in [0.4, 0.5) is 5.82 Å². The number of anilines is 1. The molecule has 0 saturated heterocycles. The normalized spacial score (nSPS) is 16.2. The summed E-state index contributed by atoms with van der Waals surface area (Å²) in [4.78, 5) is 15.8. The maximum Gasteiger partial charge on any atom is 0.229 e. The van der Waals surface area contributed by atoms with E-state index in [1.807, 2.05) is 6.92 Å². The number of hydrogen-bond acceptors (Lipinski definition) is 7. The van der Waals surface area contributed by atoms with E-state index in [0.29, 0.717) is 17.9 Å². The number of pyridine rings is 1.